The number of para-hydroxylation sites is 3. The van der Waals surface area contributed by atoms with Crippen LogP contribution in [0.2, 0.25) is 0 Å². The Labute approximate surface area is 194 Å². The molecule has 6 nitrogen and oxygen atoms in total. The summed E-state index contributed by atoms with van der Waals surface area (Å²) >= 11 is 0. The Morgan fingerprint density at radius 2 is 1.48 bits per heavy atom. The molecule has 0 aliphatic carbocycles. The third-order valence-electron chi connectivity index (χ3n) is 5.70. The Hall–Kier alpha value is -3.67. The van der Waals surface area contributed by atoms with Crippen LogP contribution in [0.4, 0.5) is 0 Å². The molecule has 1 aromatic heterocycles. The highest BCUT2D eigenvalue weighted by atomic mass is 16.5. The van der Waals surface area contributed by atoms with Crippen LogP contribution >= 0.6 is 0 Å². The van der Waals surface area contributed by atoms with E-state index in [4.69, 9.17) is 23.9 Å². The Morgan fingerprint density at radius 3 is 2.18 bits per heavy atom. The zero-order chi connectivity index (χ0) is 23.2. The molecule has 0 unspecified atom stereocenters. The van der Waals surface area contributed by atoms with Gasteiger partial charge < -0.3 is 23.5 Å². The average Bonchev–Trinajstić information content (AvgIpc) is 3.22. The van der Waals surface area contributed by atoms with Crippen LogP contribution in [-0.2, 0) is 6.54 Å². The first kappa shape index (κ1) is 22.5. The minimum absolute atomic E-state index is 0.569. The number of rotatable bonds is 10. The molecule has 0 N–H and O–H groups in total. The van der Waals surface area contributed by atoms with E-state index in [1.165, 1.54) is 0 Å². The van der Waals surface area contributed by atoms with Crippen LogP contribution in [0.25, 0.3) is 22.4 Å². The molecule has 1 heterocycles. The highest BCUT2D eigenvalue weighted by molar-refractivity contribution is 5.81. The smallest absolute Gasteiger partial charge is 0.203 e. The zero-order valence-electron chi connectivity index (χ0n) is 19.6. The topological polar surface area (TPSA) is 54.7 Å². The second kappa shape index (κ2) is 10.3. The number of methoxy groups -OCH3 is 3. The quantitative estimate of drug-likeness (QED) is 0.284. The summed E-state index contributed by atoms with van der Waals surface area (Å²) in [5.41, 5.74) is 4.12. The first-order valence-corrected chi connectivity index (χ1v) is 11.1. The van der Waals surface area contributed by atoms with Crippen molar-refractivity contribution in [2.24, 2.45) is 0 Å². The fourth-order valence-electron chi connectivity index (χ4n) is 4.00. The van der Waals surface area contributed by atoms with Gasteiger partial charge >= 0.3 is 0 Å². The van der Waals surface area contributed by atoms with E-state index >= 15 is 0 Å². The maximum atomic E-state index is 5.97. The molecule has 4 rings (SSSR count). The zero-order valence-corrected chi connectivity index (χ0v) is 19.6. The van der Waals surface area contributed by atoms with Crippen LogP contribution in [-0.4, -0.2) is 37.5 Å². The lowest BCUT2D eigenvalue weighted by Crippen LogP contribution is -2.05. The summed E-state index contributed by atoms with van der Waals surface area (Å²) < 4.78 is 24.8. The lowest BCUT2D eigenvalue weighted by molar-refractivity contribution is 0.302. The van der Waals surface area contributed by atoms with Gasteiger partial charge in [0.25, 0.3) is 0 Å². The first-order chi connectivity index (χ1) is 16.2. The van der Waals surface area contributed by atoms with Crippen LogP contribution in [0, 0.1) is 6.92 Å². The van der Waals surface area contributed by atoms with Crippen molar-refractivity contribution in [1.29, 1.82) is 0 Å². The third-order valence-corrected chi connectivity index (χ3v) is 5.70. The highest BCUT2D eigenvalue weighted by Gasteiger charge is 2.18. The first-order valence-electron chi connectivity index (χ1n) is 11.1. The molecule has 0 aliphatic rings. The standard InChI is InChI=1S/C27H30N2O4/c1-19-11-5-8-14-23(19)33-16-10-9-15-29-22-13-7-6-12-21(22)28-27(29)20-17-24(30-2)26(32-4)25(18-20)31-3/h5-8,11-14,17-18H,9-10,15-16H2,1-4H3. The van der Waals surface area contributed by atoms with E-state index in [1.807, 2.05) is 48.5 Å². The molecule has 0 spiro atoms. The molecule has 0 fully saturated rings. The van der Waals surface area contributed by atoms with Crippen molar-refractivity contribution in [3.05, 3.63) is 66.2 Å². The predicted molar refractivity (Wildman–Crippen MR) is 131 cm³/mol. The van der Waals surface area contributed by atoms with Crippen molar-refractivity contribution in [1.82, 2.24) is 9.55 Å². The van der Waals surface area contributed by atoms with E-state index in [1.54, 1.807) is 21.3 Å². The van der Waals surface area contributed by atoms with Crippen molar-refractivity contribution >= 4 is 11.0 Å². The fourth-order valence-corrected chi connectivity index (χ4v) is 4.00. The van der Waals surface area contributed by atoms with Crippen LogP contribution in [0.15, 0.2) is 60.7 Å². The van der Waals surface area contributed by atoms with Gasteiger partial charge in [0, 0.05) is 12.1 Å². The number of unbranched alkanes of at least 4 members (excludes halogenated alkanes) is 1. The van der Waals surface area contributed by atoms with Crippen molar-refractivity contribution < 1.29 is 18.9 Å². The van der Waals surface area contributed by atoms with Crippen LogP contribution in [0.5, 0.6) is 23.0 Å². The maximum Gasteiger partial charge on any atom is 0.203 e. The molecule has 6 heteroatoms. The maximum absolute atomic E-state index is 5.97. The molecule has 0 aliphatic heterocycles. The summed E-state index contributed by atoms with van der Waals surface area (Å²) in [4.78, 5) is 4.93. The number of aromatic nitrogens is 2. The van der Waals surface area contributed by atoms with Gasteiger partial charge in [-0.25, -0.2) is 4.98 Å². The molecule has 0 saturated heterocycles. The van der Waals surface area contributed by atoms with E-state index in [9.17, 15) is 0 Å². The number of imidazole rings is 1. The summed E-state index contributed by atoms with van der Waals surface area (Å²) in [7, 11) is 4.85. The number of hydrogen-bond acceptors (Lipinski definition) is 5. The van der Waals surface area contributed by atoms with Crippen molar-refractivity contribution in [3.63, 3.8) is 0 Å². The number of benzene rings is 3. The molecule has 0 amide bonds. The second-order valence-electron chi connectivity index (χ2n) is 7.81. The average molecular weight is 447 g/mol. The van der Waals surface area contributed by atoms with Gasteiger partial charge in [0.15, 0.2) is 11.5 Å². The van der Waals surface area contributed by atoms with E-state index in [0.717, 1.165) is 53.1 Å². The Bertz CT molecular complexity index is 1210. The normalized spacial score (nSPS) is 10.9. The van der Waals surface area contributed by atoms with Gasteiger partial charge in [0.1, 0.15) is 11.6 Å². The van der Waals surface area contributed by atoms with Gasteiger partial charge in [-0.1, -0.05) is 30.3 Å². The summed E-state index contributed by atoms with van der Waals surface area (Å²) in [5.74, 6) is 3.60. The van der Waals surface area contributed by atoms with Gasteiger partial charge in [-0.2, -0.15) is 0 Å². The lowest BCUT2D eigenvalue weighted by atomic mass is 10.1. The number of aryl methyl sites for hydroxylation is 2. The van der Waals surface area contributed by atoms with E-state index in [2.05, 4.69) is 23.6 Å². The van der Waals surface area contributed by atoms with Gasteiger partial charge in [0.05, 0.1) is 39.0 Å². The Balaban J connectivity index is 1.58. The Morgan fingerprint density at radius 1 is 0.788 bits per heavy atom. The van der Waals surface area contributed by atoms with Crippen LogP contribution < -0.4 is 18.9 Å². The number of ether oxygens (including phenoxy) is 4. The van der Waals surface area contributed by atoms with Crippen LogP contribution in [0.3, 0.4) is 0 Å². The molecule has 0 saturated carbocycles. The van der Waals surface area contributed by atoms with E-state index in [0.29, 0.717) is 23.9 Å². The third kappa shape index (κ3) is 4.75. The molecular formula is C27H30N2O4. The van der Waals surface area contributed by atoms with E-state index < -0.39 is 0 Å². The van der Waals surface area contributed by atoms with Crippen LogP contribution in [0.1, 0.15) is 18.4 Å². The van der Waals surface area contributed by atoms with Gasteiger partial charge in [-0.05, 0) is 55.7 Å². The highest BCUT2D eigenvalue weighted by Crippen LogP contribution is 2.41. The van der Waals surface area contributed by atoms with Crippen molar-refractivity contribution in [3.8, 4) is 34.4 Å². The molecule has 4 aromatic rings. The number of nitrogens with zero attached hydrogens (tertiary/aromatic N) is 2. The number of fused-ring (bicyclic) bond motifs is 1. The molecule has 172 valence electrons. The largest absolute Gasteiger partial charge is 0.493 e. The summed E-state index contributed by atoms with van der Waals surface area (Å²) in [6.45, 7) is 3.57. The summed E-state index contributed by atoms with van der Waals surface area (Å²) in [6, 6.07) is 20.2. The predicted octanol–water partition coefficient (Wildman–Crippen LogP) is 5.90. The van der Waals surface area contributed by atoms with Crippen molar-refractivity contribution in [2.45, 2.75) is 26.3 Å². The molecular weight excluding hydrogens is 416 g/mol. The summed E-state index contributed by atoms with van der Waals surface area (Å²) in [5, 5.41) is 0. The molecule has 0 radical (unpaired) electrons. The van der Waals surface area contributed by atoms with Crippen molar-refractivity contribution in [2.75, 3.05) is 27.9 Å². The minimum atomic E-state index is 0.569. The molecule has 3 aromatic carbocycles. The minimum Gasteiger partial charge on any atom is -0.493 e. The lowest BCUT2D eigenvalue weighted by Gasteiger charge is -2.15. The van der Waals surface area contributed by atoms with Gasteiger partial charge in [0.2, 0.25) is 5.75 Å². The van der Waals surface area contributed by atoms with E-state index in [-0.39, 0.29) is 0 Å². The fraction of sp³-hybridized carbons (Fsp3) is 0.296. The SMILES string of the molecule is COc1cc(-c2nc3ccccc3n2CCCCOc2ccccc2C)cc(OC)c1OC. The molecule has 0 atom stereocenters. The Kier molecular flexibility index (Phi) is 7.03. The number of hydrogen-bond donors (Lipinski definition) is 0. The monoisotopic (exact) mass is 446 g/mol. The summed E-state index contributed by atoms with van der Waals surface area (Å²) in [6.07, 6.45) is 1.90. The van der Waals surface area contributed by atoms with Gasteiger partial charge in [-0.3, -0.25) is 0 Å². The second-order valence-corrected chi connectivity index (χ2v) is 7.81. The molecule has 0 bridgehead atoms. The van der Waals surface area contributed by atoms with Gasteiger partial charge in [-0.15, -0.1) is 0 Å². The molecule has 33 heavy (non-hydrogen) atoms.